The number of nitrogens with one attached hydrogen (secondary N) is 2. The molecule has 1 aliphatic rings. The van der Waals surface area contributed by atoms with E-state index in [1.54, 1.807) is 7.11 Å². The molecule has 0 spiro atoms. The van der Waals surface area contributed by atoms with Crippen molar-refractivity contribution in [1.82, 2.24) is 15.5 Å². The van der Waals surface area contributed by atoms with Crippen molar-refractivity contribution in [2.45, 2.75) is 23.3 Å². The zero-order chi connectivity index (χ0) is 14.9. The summed E-state index contributed by atoms with van der Waals surface area (Å²) in [6, 6.07) is 0. The highest BCUT2D eigenvalue weighted by Crippen LogP contribution is 2.25. The highest BCUT2D eigenvalue weighted by Gasteiger charge is 2.16. The summed E-state index contributed by atoms with van der Waals surface area (Å²) >= 11 is 2.84. The zero-order valence-electron chi connectivity index (χ0n) is 12.0. The number of aromatic nitrogens is 2. The number of methoxy groups -OCH3 is 1. The van der Waals surface area contributed by atoms with E-state index in [0.717, 1.165) is 35.5 Å². The van der Waals surface area contributed by atoms with Gasteiger partial charge in [0.2, 0.25) is 11.0 Å². The molecule has 1 atom stereocenters. The van der Waals surface area contributed by atoms with Gasteiger partial charge in [0, 0.05) is 26.8 Å². The van der Waals surface area contributed by atoms with E-state index >= 15 is 0 Å². The summed E-state index contributed by atoms with van der Waals surface area (Å²) in [6.07, 6.45) is 2.49. The number of rotatable bonds is 9. The van der Waals surface area contributed by atoms with Gasteiger partial charge in [-0.1, -0.05) is 23.1 Å². The summed E-state index contributed by atoms with van der Waals surface area (Å²) in [6.45, 7) is 2.66. The molecule has 0 bridgehead atoms. The van der Waals surface area contributed by atoms with Crippen molar-refractivity contribution in [1.29, 1.82) is 0 Å². The van der Waals surface area contributed by atoms with Crippen LogP contribution in [0.25, 0.3) is 0 Å². The minimum Gasteiger partial charge on any atom is -0.383 e. The van der Waals surface area contributed by atoms with E-state index in [1.165, 1.54) is 23.1 Å². The largest absolute Gasteiger partial charge is 0.383 e. The van der Waals surface area contributed by atoms with Crippen molar-refractivity contribution in [3.8, 4) is 0 Å². The van der Waals surface area contributed by atoms with Crippen LogP contribution in [0.15, 0.2) is 4.34 Å². The molecule has 118 valence electrons. The van der Waals surface area contributed by atoms with Crippen LogP contribution in [0.2, 0.25) is 0 Å². The fourth-order valence-electron chi connectivity index (χ4n) is 1.82. The minimum atomic E-state index is -0.0267. The van der Waals surface area contributed by atoms with Crippen molar-refractivity contribution < 1.29 is 14.3 Å². The van der Waals surface area contributed by atoms with Crippen molar-refractivity contribution in [3.63, 3.8) is 0 Å². The summed E-state index contributed by atoms with van der Waals surface area (Å²) in [5.41, 5.74) is 0. The third-order valence-corrected chi connectivity index (χ3v) is 4.88. The van der Waals surface area contributed by atoms with Crippen LogP contribution in [0.4, 0.5) is 5.13 Å². The molecule has 9 heteroatoms. The number of thioether (sulfide) groups is 1. The molecule has 1 aliphatic heterocycles. The second-order valence-electron chi connectivity index (χ2n) is 4.52. The Bertz CT molecular complexity index is 438. The molecule has 2 N–H and O–H groups in total. The zero-order valence-corrected chi connectivity index (χ0v) is 13.6. The molecular formula is C12H20N4O3S2. The molecule has 1 aromatic heterocycles. The number of nitrogens with zero attached hydrogens (tertiary/aromatic N) is 2. The highest BCUT2D eigenvalue weighted by molar-refractivity contribution is 8.01. The summed E-state index contributed by atoms with van der Waals surface area (Å²) in [4.78, 5) is 11.5. The molecule has 21 heavy (non-hydrogen) atoms. The summed E-state index contributed by atoms with van der Waals surface area (Å²) in [7, 11) is 1.60. The first-order valence-electron chi connectivity index (χ1n) is 6.85. The maximum absolute atomic E-state index is 11.5. The molecule has 0 aliphatic carbocycles. The predicted molar refractivity (Wildman–Crippen MR) is 83.0 cm³/mol. The molecule has 1 aromatic rings. The van der Waals surface area contributed by atoms with Gasteiger partial charge < -0.3 is 20.1 Å². The van der Waals surface area contributed by atoms with Gasteiger partial charge in [-0.25, -0.2) is 0 Å². The molecule has 0 saturated carbocycles. The Morgan fingerprint density at radius 3 is 3.24 bits per heavy atom. The Balaban J connectivity index is 1.64. The number of carbonyl (C=O) groups excluding carboxylic acids is 1. The number of amides is 1. The molecule has 0 aromatic carbocycles. The lowest BCUT2D eigenvalue weighted by Gasteiger charge is -2.08. The van der Waals surface area contributed by atoms with Crippen molar-refractivity contribution in [2.75, 3.05) is 44.5 Å². The van der Waals surface area contributed by atoms with Gasteiger partial charge in [-0.05, 0) is 12.8 Å². The van der Waals surface area contributed by atoms with Crippen molar-refractivity contribution in [3.05, 3.63) is 0 Å². The topological polar surface area (TPSA) is 85.4 Å². The van der Waals surface area contributed by atoms with Gasteiger partial charge in [0.1, 0.15) is 0 Å². The second-order valence-corrected chi connectivity index (χ2v) is 6.72. The van der Waals surface area contributed by atoms with Crippen LogP contribution in [0.3, 0.4) is 0 Å². The third kappa shape index (κ3) is 6.16. The van der Waals surface area contributed by atoms with Crippen LogP contribution in [-0.2, 0) is 14.3 Å². The maximum Gasteiger partial charge on any atom is 0.230 e. The number of anilines is 1. The monoisotopic (exact) mass is 332 g/mol. The SMILES string of the molecule is COCCNC(=O)CSc1nnc(NCC2CCCO2)s1. The quantitative estimate of drug-likeness (QED) is 0.515. The smallest absolute Gasteiger partial charge is 0.230 e. The number of hydrogen-bond acceptors (Lipinski definition) is 8. The number of hydrogen-bond donors (Lipinski definition) is 2. The first-order chi connectivity index (χ1) is 10.3. The molecule has 1 amide bonds. The molecule has 2 rings (SSSR count). The fraction of sp³-hybridized carbons (Fsp3) is 0.750. The van der Waals surface area contributed by atoms with Crippen molar-refractivity contribution >= 4 is 34.1 Å². The summed E-state index contributed by atoms with van der Waals surface area (Å²) < 4.78 is 11.2. The molecular weight excluding hydrogens is 312 g/mol. The Morgan fingerprint density at radius 2 is 2.48 bits per heavy atom. The van der Waals surface area contributed by atoms with E-state index in [9.17, 15) is 4.79 Å². The van der Waals surface area contributed by atoms with E-state index < -0.39 is 0 Å². The van der Waals surface area contributed by atoms with Gasteiger partial charge in [-0.15, -0.1) is 10.2 Å². The van der Waals surface area contributed by atoms with Crippen LogP contribution >= 0.6 is 23.1 Å². The molecule has 1 unspecified atom stereocenters. The number of carbonyl (C=O) groups is 1. The van der Waals surface area contributed by atoms with Gasteiger partial charge in [0.15, 0.2) is 4.34 Å². The van der Waals surface area contributed by atoms with Crippen LogP contribution < -0.4 is 10.6 Å². The van der Waals surface area contributed by atoms with Gasteiger partial charge >= 0.3 is 0 Å². The normalized spacial score (nSPS) is 17.9. The first kappa shape index (κ1) is 16.5. The molecule has 1 fully saturated rings. The average Bonchev–Trinajstić information content (AvgIpc) is 3.15. The lowest BCUT2D eigenvalue weighted by molar-refractivity contribution is -0.118. The van der Waals surface area contributed by atoms with Gasteiger partial charge in [-0.3, -0.25) is 4.79 Å². The van der Waals surface area contributed by atoms with Crippen LogP contribution in [0.1, 0.15) is 12.8 Å². The Kier molecular flexibility index (Phi) is 7.20. The van der Waals surface area contributed by atoms with E-state index in [0.29, 0.717) is 18.9 Å². The lowest BCUT2D eigenvalue weighted by atomic mass is 10.2. The van der Waals surface area contributed by atoms with Crippen LogP contribution in [-0.4, -0.2) is 61.4 Å². The average molecular weight is 332 g/mol. The van der Waals surface area contributed by atoms with Crippen LogP contribution in [0, 0.1) is 0 Å². The van der Waals surface area contributed by atoms with E-state index in [-0.39, 0.29) is 12.0 Å². The highest BCUT2D eigenvalue weighted by atomic mass is 32.2. The van der Waals surface area contributed by atoms with Gasteiger partial charge in [-0.2, -0.15) is 0 Å². The molecule has 2 heterocycles. The van der Waals surface area contributed by atoms with Crippen molar-refractivity contribution in [2.24, 2.45) is 0 Å². The van der Waals surface area contributed by atoms with Crippen LogP contribution in [0.5, 0.6) is 0 Å². The summed E-state index contributed by atoms with van der Waals surface area (Å²) in [5, 5.41) is 14.9. The predicted octanol–water partition coefficient (Wildman–Crippen LogP) is 0.984. The van der Waals surface area contributed by atoms with Gasteiger partial charge in [0.05, 0.1) is 18.5 Å². The van der Waals surface area contributed by atoms with E-state index in [1.807, 2.05) is 0 Å². The van der Waals surface area contributed by atoms with E-state index in [2.05, 4.69) is 20.8 Å². The maximum atomic E-state index is 11.5. The second kappa shape index (κ2) is 9.19. The minimum absolute atomic E-state index is 0.0267. The fourth-order valence-corrected chi connectivity index (χ4v) is 3.41. The summed E-state index contributed by atoms with van der Waals surface area (Å²) in [5.74, 6) is 0.311. The van der Waals surface area contributed by atoms with E-state index in [4.69, 9.17) is 9.47 Å². The first-order valence-corrected chi connectivity index (χ1v) is 8.65. The molecule has 7 nitrogen and oxygen atoms in total. The third-order valence-electron chi connectivity index (χ3n) is 2.87. The Labute approximate surface area is 132 Å². The Hall–Kier alpha value is -0.900. The Morgan fingerprint density at radius 1 is 1.57 bits per heavy atom. The van der Waals surface area contributed by atoms with Gasteiger partial charge in [0.25, 0.3) is 0 Å². The number of ether oxygens (including phenoxy) is 2. The molecule has 0 radical (unpaired) electrons. The standard InChI is InChI=1S/C12H20N4O3S2/c1-18-6-4-13-10(17)8-20-12-16-15-11(21-12)14-7-9-3-2-5-19-9/h9H,2-8H2,1H3,(H,13,17)(H,14,15). The molecule has 1 saturated heterocycles. The lowest BCUT2D eigenvalue weighted by Crippen LogP contribution is -2.28.